The molecule has 20 heavy (non-hydrogen) atoms. The van der Waals surface area contributed by atoms with Crippen LogP contribution in [0.1, 0.15) is 57.8 Å². The van der Waals surface area contributed by atoms with Gasteiger partial charge in [-0.3, -0.25) is 0 Å². The number of methoxy groups -OCH3 is 1. The van der Waals surface area contributed by atoms with E-state index in [0.29, 0.717) is 11.5 Å². The van der Waals surface area contributed by atoms with Crippen LogP contribution in [0.25, 0.3) is 0 Å². The molecule has 0 radical (unpaired) electrons. The van der Waals surface area contributed by atoms with Gasteiger partial charge in [-0.25, -0.2) is 0 Å². The molecule has 4 aliphatic rings. The first-order valence-corrected chi connectivity index (χ1v) is 8.97. The fourth-order valence-electron chi connectivity index (χ4n) is 6.73. The van der Waals surface area contributed by atoms with Gasteiger partial charge in [0.05, 0.1) is 6.10 Å². The molecule has 6 unspecified atom stereocenters. The van der Waals surface area contributed by atoms with Crippen molar-refractivity contribution in [3.8, 4) is 0 Å². The number of nitrogens with zero attached hydrogens (tertiary/aromatic N) is 1. The zero-order valence-electron chi connectivity index (χ0n) is 13.3. The summed E-state index contributed by atoms with van der Waals surface area (Å²) in [6.45, 7) is 1.35. The lowest BCUT2D eigenvalue weighted by Gasteiger charge is -2.65. The number of hydrogen-bond donors (Lipinski definition) is 0. The molecule has 0 amide bonds. The second-order valence-electron chi connectivity index (χ2n) is 8.16. The number of piperidine rings is 1. The van der Waals surface area contributed by atoms with E-state index < -0.39 is 0 Å². The average Bonchev–Trinajstić information content (AvgIpc) is 2.50. The Morgan fingerprint density at radius 1 is 1.00 bits per heavy atom. The summed E-state index contributed by atoms with van der Waals surface area (Å²) in [6, 6.07) is 0.907. The third-order valence-electron chi connectivity index (χ3n) is 7.67. The quantitative estimate of drug-likeness (QED) is 0.724. The first kappa shape index (κ1) is 13.6. The highest BCUT2D eigenvalue weighted by molar-refractivity contribution is 5.10. The molecule has 3 aliphatic carbocycles. The maximum Gasteiger partial charge on any atom is 0.0574 e. The van der Waals surface area contributed by atoms with Crippen LogP contribution in [0.5, 0.6) is 0 Å². The highest BCUT2D eigenvalue weighted by atomic mass is 16.5. The number of hydrogen-bond acceptors (Lipinski definition) is 2. The van der Waals surface area contributed by atoms with Crippen molar-refractivity contribution in [2.24, 2.45) is 23.2 Å². The number of likely N-dealkylation sites (tertiary alicyclic amines) is 1. The van der Waals surface area contributed by atoms with Gasteiger partial charge in [0.15, 0.2) is 0 Å². The minimum Gasteiger partial charge on any atom is -0.381 e. The number of ether oxygens (including phenoxy) is 1. The normalized spacial score (nSPS) is 52.2. The minimum absolute atomic E-state index is 0.560. The van der Waals surface area contributed by atoms with Crippen LogP contribution in [0, 0.1) is 23.2 Å². The summed E-state index contributed by atoms with van der Waals surface area (Å²) in [5, 5.41) is 0. The molecule has 2 bridgehead atoms. The van der Waals surface area contributed by atoms with Crippen LogP contribution in [0.3, 0.4) is 0 Å². The molecule has 1 aliphatic heterocycles. The van der Waals surface area contributed by atoms with Crippen molar-refractivity contribution in [1.29, 1.82) is 0 Å². The Bertz CT molecular complexity index is 370. The highest BCUT2D eigenvalue weighted by Crippen LogP contribution is 2.63. The van der Waals surface area contributed by atoms with Crippen LogP contribution >= 0.6 is 0 Å². The summed E-state index contributed by atoms with van der Waals surface area (Å²) in [6.07, 6.45) is 13.7. The lowest BCUT2D eigenvalue weighted by Crippen LogP contribution is -2.63. The first-order valence-electron chi connectivity index (χ1n) is 8.97. The topological polar surface area (TPSA) is 12.5 Å². The van der Waals surface area contributed by atoms with Crippen molar-refractivity contribution in [3.63, 3.8) is 0 Å². The lowest BCUT2D eigenvalue weighted by molar-refractivity contribution is -0.161. The SMILES string of the molecule is COC1CCC2CC3C4CCCCC4(CCN3C)C2C1. The monoisotopic (exact) mass is 277 g/mol. The van der Waals surface area contributed by atoms with E-state index in [2.05, 4.69) is 11.9 Å². The van der Waals surface area contributed by atoms with Gasteiger partial charge in [-0.2, -0.15) is 0 Å². The molecular weight excluding hydrogens is 246 g/mol. The summed E-state index contributed by atoms with van der Waals surface area (Å²) in [4.78, 5) is 2.72. The molecule has 0 N–H and O–H groups in total. The van der Waals surface area contributed by atoms with Gasteiger partial charge >= 0.3 is 0 Å². The summed E-state index contributed by atoms with van der Waals surface area (Å²) in [5.74, 6) is 2.99. The maximum absolute atomic E-state index is 5.76. The molecule has 4 fully saturated rings. The molecule has 2 heteroatoms. The molecule has 0 aromatic carbocycles. The van der Waals surface area contributed by atoms with Gasteiger partial charge in [0.25, 0.3) is 0 Å². The molecule has 0 aromatic heterocycles. The number of rotatable bonds is 1. The fourth-order valence-corrected chi connectivity index (χ4v) is 6.73. The minimum atomic E-state index is 0.560. The van der Waals surface area contributed by atoms with Crippen LogP contribution in [-0.2, 0) is 4.74 Å². The summed E-state index contributed by atoms with van der Waals surface area (Å²) < 4.78 is 5.76. The molecule has 3 saturated carbocycles. The standard InChI is InChI=1S/C18H31NO/c1-19-10-9-18-8-4-3-5-15(18)17(19)11-13-6-7-14(20-2)12-16(13)18/h13-17H,3-12H2,1-2H3. The Hall–Kier alpha value is -0.0800. The van der Waals surface area contributed by atoms with Gasteiger partial charge in [0.2, 0.25) is 0 Å². The van der Waals surface area contributed by atoms with Crippen molar-refractivity contribution in [2.45, 2.75) is 69.9 Å². The zero-order chi connectivity index (χ0) is 13.7. The zero-order valence-corrected chi connectivity index (χ0v) is 13.3. The average molecular weight is 277 g/mol. The molecule has 6 atom stereocenters. The highest BCUT2D eigenvalue weighted by Gasteiger charge is 2.59. The number of fused-ring (bicyclic) bond motifs is 1. The molecule has 1 saturated heterocycles. The third-order valence-corrected chi connectivity index (χ3v) is 7.67. The summed E-state index contributed by atoms with van der Waals surface area (Å²) >= 11 is 0. The molecule has 2 nitrogen and oxygen atoms in total. The van der Waals surface area contributed by atoms with E-state index in [1.54, 1.807) is 0 Å². The van der Waals surface area contributed by atoms with Gasteiger partial charge in [-0.15, -0.1) is 0 Å². The van der Waals surface area contributed by atoms with Crippen LogP contribution < -0.4 is 0 Å². The summed E-state index contributed by atoms with van der Waals surface area (Å²) in [5.41, 5.74) is 0.704. The van der Waals surface area contributed by atoms with Gasteiger partial charge in [-0.1, -0.05) is 12.8 Å². The van der Waals surface area contributed by atoms with E-state index in [-0.39, 0.29) is 0 Å². The van der Waals surface area contributed by atoms with Gasteiger partial charge < -0.3 is 9.64 Å². The van der Waals surface area contributed by atoms with Crippen molar-refractivity contribution < 1.29 is 4.74 Å². The Morgan fingerprint density at radius 3 is 2.75 bits per heavy atom. The molecule has 1 heterocycles. The fraction of sp³-hybridized carbons (Fsp3) is 1.00. The van der Waals surface area contributed by atoms with Crippen molar-refractivity contribution in [1.82, 2.24) is 4.90 Å². The van der Waals surface area contributed by atoms with Crippen LogP contribution in [-0.4, -0.2) is 37.7 Å². The lowest BCUT2D eigenvalue weighted by atomic mass is 9.45. The molecule has 0 spiro atoms. The van der Waals surface area contributed by atoms with Gasteiger partial charge in [0, 0.05) is 13.2 Å². The van der Waals surface area contributed by atoms with Gasteiger partial charge in [0.1, 0.15) is 0 Å². The smallest absolute Gasteiger partial charge is 0.0574 e. The molecular formula is C18H31NO. The maximum atomic E-state index is 5.76. The van der Waals surface area contributed by atoms with E-state index in [1.165, 1.54) is 64.3 Å². The molecule has 0 aromatic rings. The Labute approximate surface area is 124 Å². The van der Waals surface area contributed by atoms with E-state index in [9.17, 15) is 0 Å². The van der Waals surface area contributed by atoms with Crippen LogP contribution in [0.2, 0.25) is 0 Å². The van der Waals surface area contributed by atoms with Crippen molar-refractivity contribution in [3.05, 3.63) is 0 Å². The van der Waals surface area contributed by atoms with E-state index in [0.717, 1.165) is 23.8 Å². The Morgan fingerprint density at radius 2 is 1.90 bits per heavy atom. The van der Waals surface area contributed by atoms with Crippen LogP contribution in [0.15, 0.2) is 0 Å². The second kappa shape index (κ2) is 4.98. The first-order chi connectivity index (χ1) is 9.74. The predicted molar refractivity (Wildman–Crippen MR) is 81.7 cm³/mol. The Balaban J connectivity index is 1.68. The largest absolute Gasteiger partial charge is 0.381 e. The van der Waals surface area contributed by atoms with Gasteiger partial charge in [-0.05, 0) is 81.7 Å². The Kier molecular flexibility index (Phi) is 3.38. The van der Waals surface area contributed by atoms with E-state index in [1.807, 2.05) is 7.11 Å². The second-order valence-corrected chi connectivity index (χ2v) is 8.16. The van der Waals surface area contributed by atoms with E-state index in [4.69, 9.17) is 4.74 Å². The van der Waals surface area contributed by atoms with E-state index >= 15 is 0 Å². The van der Waals surface area contributed by atoms with Crippen molar-refractivity contribution >= 4 is 0 Å². The molecule has 114 valence electrons. The summed E-state index contributed by atoms with van der Waals surface area (Å²) in [7, 11) is 4.32. The van der Waals surface area contributed by atoms with Crippen molar-refractivity contribution in [2.75, 3.05) is 20.7 Å². The predicted octanol–water partition coefficient (Wildman–Crippen LogP) is 3.70. The third kappa shape index (κ3) is 1.83. The molecule has 4 rings (SSSR count). The van der Waals surface area contributed by atoms with Crippen LogP contribution in [0.4, 0.5) is 0 Å².